The summed E-state index contributed by atoms with van der Waals surface area (Å²) in [7, 11) is 0. The Morgan fingerprint density at radius 3 is 2.69 bits per heavy atom. The molecule has 0 spiro atoms. The summed E-state index contributed by atoms with van der Waals surface area (Å²) in [4.78, 5) is 2.28. The Hall–Kier alpha value is -1.18. The van der Waals surface area contributed by atoms with Crippen LogP contribution in [0.25, 0.3) is 0 Å². The van der Waals surface area contributed by atoms with Crippen LogP contribution in [0, 0.1) is 6.07 Å². The number of anilines is 1. The molecule has 2 rings (SSSR count). The van der Waals surface area contributed by atoms with Gasteiger partial charge in [0, 0.05) is 30.9 Å². The third kappa shape index (κ3) is 1.94. The van der Waals surface area contributed by atoms with Gasteiger partial charge in [-0.05, 0) is 31.4 Å². The lowest BCUT2D eigenvalue weighted by molar-refractivity contribution is 0.474. The summed E-state index contributed by atoms with van der Waals surface area (Å²) in [5.41, 5.74) is 1.03. The van der Waals surface area contributed by atoms with Gasteiger partial charge in [0.25, 0.3) is 0 Å². The van der Waals surface area contributed by atoms with E-state index in [4.69, 9.17) is 0 Å². The average molecular weight is 176 g/mol. The van der Waals surface area contributed by atoms with Crippen LogP contribution in [0.3, 0.4) is 0 Å². The van der Waals surface area contributed by atoms with Crippen molar-refractivity contribution in [2.75, 3.05) is 18.0 Å². The maximum absolute atomic E-state index is 9.30. The van der Waals surface area contributed by atoms with E-state index in [0.717, 1.165) is 18.8 Å². The van der Waals surface area contributed by atoms with Crippen LogP contribution in [-0.4, -0.2) is 18.2 Å². The zero-order chi connectivity index (χ0) is 9.10. The molecule has 1 aromatic rings. The smallest absolute Gasteiger partial charge is 0.117 e. The molecular weight excluding hydrogens is 162 g/mol. The van der Waals surface area contributed by atoms with Gasteiger partial charge in [0.05, 0.1) is 0 Å². The van der Waals surface area contributed by atoms with Crippen LogP contribution in [0.15, 0.2) is 18.2 Å². The van der Waals surface area contributed by atoms with Gasteiger partial charge in [0.2, 0.25) is 0 Å². The van der Waals surface area contributed by atoms with Crippen molar-refractivity contribution in [2.24, 2.45) is 0 Å². The first-order valence-electron chi connectivity index (χ1n) is 4.82. The number of hydrogen-bond donors (Lipinski definition) is 1. The second kappa shape index (κ2) is 3.69. The lowest BCUT2D eigenvalue weighted by atomic mass is 10.1. The van der Waals surface area contributed by atoms with Gasteiger partial charge in [-0.25, -0.2) is 0 Å². The quantitative estimate of drug-likeness (QED) is 0.709. The van der Waals surface area contributed by atoms with Crippen LogP contribution in [0.2, 0.25) is 0 Å². The first kappa shape index (κ1) is 8.42. The van der Waals surface area contributed by atoms with E-state index in [0.29, 0.717) is 5.75 Å². The highest BCUT2D eigenvalue weighted by atomic mass is 16.3. The lowest BCUT2D eigenvalue weighted by Gasteiger charge is -2.28. The van der Waals surface area contributed by atoms with Crippen molar-refractivity contribution in [2.45, 2.75) is 19.3 Å². The van der Waals surface area contributed by atoms with Crippen molar-refractivity contribution < 1.29 is 5.11 Å². The van der Waals surface area contributed by atoms with Gasteiger partial charge < -0.3 is 10.0 Å². The third-order valence-electron chi connectivity index (χ3n) is 2.47. The molecule has 13 heavy (non-hydrogen) atoms. The molecule has 1 radical (unpaired) electrons. The Morgan fingerprint density at radius 1 is 1.23 bits per heavy atom. The maximum atomic E-state index is 9.30. The van der Waals surface area contributed by atoms with E-state index in [2.05, 4.69) is 11.0 Å². The maximum Gasteiger partial charge on any atom is 0.117 e. The Labute approximate surface area is 78.8 Å². The first-order valence-corrected chi connectivity index (χ1v) is 4.82. The highest BCUT2D eigenvalue weighted by Gasteiger charge is 2.10. The normalized spacial score (nSPS) is 17.4. The largest absolute Gasteiger partial charge is 0.508 e. The molecule has 1 N–H and O–H groups in total. The summed E-state index contributed by atoms with van der Waals surface area (Å²) >= 11 is 0. The number of hydrogen-bond acceptors (Lipinski definition) is 2. The van der Waals surface area contributed by atoms with Gasteiger partial charge in [0.15, 0.2) is 0 Å². The minimum Gasteiger partial charge on any atom is -0.508 e. The molecule has 0 unspecified atom stereocenters. The number of phenolic OH excluding ortho intramolecular Hbond substituents is 1. The number of phenols is 1. The van der Waals surface area contributed by atoms with E-state index in [1.165, 1.54) is 19.3 Å². The van der Waals surface area contributed by atoms with E-state index in [1.54, 1.807) is 18.2 Å². The van der Waals surface area contributed by atoms with Crippen LogP contribution < -0.4 is 4.90 Å². The minimum absolute atomic E-state index is 0.333. The molecule has 69 valence electrons. The van der Waals surface area contributed by atoms with E-state index in [-0.39, 0.29) is 0 Å². The molecule has 0 atom stereocenters. The van der Waals surface area contributed by atoms with Gasteiger partial charge in [-0.1, -0.05) is 0 Å². The molecule has 1 heterocycles. The van der Waals surface area contributed by atoms with Crippen LogP contribution in [-0.2, 0) is 0 Å². The fraction of sp³-hybridized carbons (Fsp3) is 0.455. The fourth-order valence-electron chi connectivity index (χ4n) is 1.76. The standard InChI is InChI=1S/C11H14NO/c13-11-6-4-5-10(9-11)12-7-2-1-3-8-12/h4,6,9,13H,1-3,7-8H2. The summed E-state index contributed by atoms with van der Waals surface area (Å²) < 4.78 is 0. The van der Waals surface area contributed by atoms with Crippen molar-refractivity contribution in [3.8, 4) is 5.75 Å². The molecule has 2 heteroatoms. The molecule has 0 aliphatic carbocycles. The molecule has 0 aromatic heterocycles. The van der Waals surface area contributed by atoms with Crippen molar-refractivity contribution in [1.82, 2.24) is 0 Å². The molecule has 0 amide bonds. The zero-order valence-electron chi connectivity index (χ0n) is 7.66. The summed E-state index contributed by atoms with van der Waals surface area (Å²) in [6, 6.07) is 8.37. The van der Waals surface area contributed by atoms with Gasteiger partial charge >= 0.3 is 0 Å². The number of piperidine rings is 1. The van der Waals surface area contributed by atoms with E-state index >= 15 is 0 Å². The molecular formula is C11H14NO. The second-order valence-corrected chi connectivity index (χ2v) is 3.48. The monoisotopic (exact) mass is 176 g/mol. The molecule has 0 saturated carbocycles. The molecule has 0 bridgehead atoms. The van der Waals surface area contributed by atoms with Crippen molar-refractivity contribution in [1.29, 1.82) is 0 Å². The van der Waals surface area contributed by atoms with Gasteiger partial charge in [-0.15, -0.1) is 0 Å². The number of nitrogens with zero attached hydrogens (tertiary/aromatic N) is 1. The van der Waals surface area contributed by atoms with Gasteiger partial charge in [0.1, 0.15) is 5.75 Å². The summed E-state index contributed by atoms with van der Waals surface area (Å²) in [5, 5.41) is 9.30. The molecule has 2 nitrogen and oxygen atoms in total. The Balaban J connectivity index is 2.14. The lowest BCUT2D eigenvalue weighted by Crippen LogP contribution is -2.29. The van der Waals surface area contributed by atoms with E-state index in [1.807, 2.05) is 0 Å². The van der Waals surface area contributed by atoms with Crippen molar-refractivity contribution >= 4 is 5.69 Å². The van der Waals surface area contributed by atoms with Gasteiger partial charge in [-0.3, -0.25) is 0 Å². The van der Waals surface area contributed by atoms with E-state index in [9.17, 15) is 5.11 Å². The predicted molar refractivity (Wildman–Crippen MR) is 53.0 cm³/mol. The van der Waals surface area contributed by atoms with Crippen molar-refractivity contribution in [3.63, 3.8) is 0 Å². The van der Waals surface area contributed by atoms with Crippen LogP contribution in [0.1, 0.15) is 19.3 Å². The molecule has 1 aromatic carbocycles. The number of rotatable bonds is 1. The highest BCUT2D eigenvalue weighted by Crippen LogP contribution is 2.22. The van der Waals surface area contributed by atoms with Crippen LogP contribution in [0.4, 0.5) is 5.69 Å². The topological polar surface area (TPSA) is 23.5 Å². The molecule has 1 aliphatic heterocycles. The average Bonchev–Trinajstić information content (AvgIpc) is 2.19. The summed E-state index contributed by atoms with van der Waals surface area (Å²) in [5.74, 6) is 0.333. The van der Waals surface area contributed by atoms with Gasteiger partial charge in [-0.2, -0.15) is 0 Å². The minimum atomic E-state index is 0.333. The number of aromatic hydroxyl groups is 1. The van der Waals surface area contributed by atoms with Crippen molar-refractivity contribution in [3.05, 3.63) is 24.3 Å². The highest BCUT2D eigenvalue weighted by molar-refractivity contribution is 5.49. The summed E-state index contributed by atoms with van der Waals surface area (Å²) in [6.07, 6.45) is 3.84. The second-order valence-electron chi connectivity index (χ2n) is 3.48. The van der Waals surface area contributed by atoms with E-state index < -0.39 is 0 Å². The molecule has 1 saturated heterocycles. The van der Waals surface area contributed by atoms with Crippen LogP contribution >= 0.6 is 0 Å². The predicted octanol–water partition coefficient (Wildman–Crippen LogP) is 2.18. The Kier molecular flexibility index (Phi) is 2.39. The van der Waals surface area contributed by atoms with Crippen LogP contribution in [0.5, 0.6) is 5.75 Å². The molecule has 1 fully saturated rings. The Morgan fingerprint density at radius 2 is 2.00 bits per heavy atom. The number of benzene rings is 1. The Bertz CT molecular complexity index is 279. The molecule has 1 aliphatic rings. The third-order valence-corrected chi connectivity index (χ3v) is 2.47. The first-order chi connectivity index (χ1) is 6.36. The summed E-state index contributed by atoms with van der Waals surface area (Å²) in [6.45, 7) is 2.19. The zero-order valence-corrected chi connectivity index (χ0v) is 7.66. The fourth-order valence-corrected chi connectivity index (χ4v) is 1.76. The SMILES string of the molecule is Oc1cc[c]c(N2CCCCC2)c1.